The molecule has 2 aromatic rings. The summed E-state index contributed by atoms with van der Waals surface area (Å²) in [6.07, 6.45) is 1.67. The Bertz CT molecular complexity index is 489. The molecule has 80 valence electrons. The molecule has 0 amide bonds. The summed E-state index contributed by atoms with van der Waals surface area (Å²) >= 11 is 3.57. The second kappa shape index (κ2) is 4.10. The van der Waals surface area contributed by atoms with Gasteiger partial charge in [0.25, 0.3) is 0 Å². The molecule has 0 unspecified atom stereocenters. The molecule has 2 rings (SSSR count). The molecule has 2 heterocycles. The van der Waals surface area contributed by atoms with E-state index in [0.29, 0.717) is 5.25 Å². The van der Waals surface area contributed by atoms with Crippen LogP contribution in [0, 0.1) is 13.8 Å². The summed E-state index contributed by atoms with van der Waals surface area (Å²) in [5.74, 6) is 0. The first-order valence-electron chi connectivity index (χ1n) is 4.97. The molecule has 4 heteroatoms. The fourth-order valence-electron chi connectivity index (χ4n) is 1.46. The average molecular weight is 238 g/mol. The Labute approximate surface area is 98.1 Å². The highest BCUT2D eigenvalue weighted by Gasteiger charge is 2.12. The molecular formula is C11H14N2S2. The molecule has 0 radical (unpaired) electrons. The van der Waals surface area contributed by atoms with E-state index in [1.807, 2.05) is 11.8 Å². The van der Waals surface area contributed by atoms with Gasteiger partial charge in [0, 0.05) is 15.5 Å². The highest BCUT2D eigenvalue weighted by Crippen LogP contribution is 2.35. The van der Waals surface area contributed by atoms with Gasteiger partial charge in [-0.3, -0.25) is 0 Å². The number of hydrogen-bond acceptors (Lipinski definition) is 4. The number of nitrogens with zero attached hydrogens (tertiary/aromatic N) is 2. The molecule has 0 saturated heterocycles. The van der Waals surface area contributed by atoms with Crippen molar-refractivity contribution >= 4 is 33.3 Å². The Balaban J connectivity index is 2.63. The Morgan fingerprint density at radius 1 is 1.27 bits per heavy atom. The summed E-state index contributed by atoms with van der Waals surface area (Å²) in [6.45, 7) is 8.67. The van der Waals surface area contributed by atoms with E-state index in [4.69, 9.17) is 0 Å². The van der Waals surface area contributed by atoms with E-state index >= 15 is 0 Å². The summed E-state index contributed by atoms with van der Waals surface area (Å²) in [4.78, 5) is 11.2. The minimum Gasteiger partial charge on any atom is -0.229 e. The number of aryl methyl sites for hydroxylation is 2. The molecule has 0 aromatic carbocycles. The SMILES string of the molecule is Cc1sc2ncnc(SC(C)C)c2c1C. The first-order valence-corrected chi connectivity index (χ1v) is 6.66. The zero-order chi connectivity index (χ0) is 11.0. The van der Waals surface area contributed by atoms with Crippen molar-refractivity contribution in [2.24, 2.45) is 0 Å². The number of rotatable bonds is 2. The van der Waals surface area contributed by atoms with Gasteiger partial charge >= 0.3 is 0 Å². The first-order chi connectivity index (χ1) is 7.09. The number of aromatic nitrogens is 2. The van der Waals surface area contributed by atoms with Crippen molar-refractivity contribution in [2.45, 2.75) is 38.0 Å². The van der Waals surface area contributed by atoms with Crippen LogP contribution in [0.15, 0.2) is 11.4 Å². The highest BCUT2D eigenvalue weighted by atomic mass is 32.2. The van der Waals surface area contributed by atoms with Crippen LogP contribution < -0.4 is 0 Å². The molecule has 2 aromatic heterocycles. The minimum absolute atomic E-state index is 0.558. The predicted octanol–water partition coefficient (Wildman–Crippen LogP) is 3.81. The molecule has 0 saturated carbocycles. The lowest BCUT2D eigenvalue weighted by Gasteiger charge is -2.05. The smallest absolute Gasteiger partial charge is 0.128 e. The average Bonchev–Trinajstić information content (AvgIpc) is 2.43. The van der Waals surface area contributed by atoms with Crippen LogP contribution in [0.2, 0.25) is 0 Å². The molecule has 0 fully saturated rings. The number of hydrogen-bond donors (Lipinski definition) is 0. The Kier molecular flexibility index (Phi) is 2.98. The normalized spacial score (nSPS) is 11.5. The van der Waals surface area contributed by atoms with Crippen molar-refractivity contribution in [3.8, 4) is 0 Å². The third-order valence-electron chi connectivity index (χ3n) is 2.28. The van der Waals surface area contributed by atoms with Crippen LogP contribution in [0.5, 0.6) is 0 Å². The lowest BCUT2D eigenvalue weighted by molar-refractivity contribution is 1.06. The number of thioether (sulfide) groups is 1. The zero-order valence-corrected chi connectivity index (χ0v) is 11.0. The topological polar surface area (TPSA) is 25.8 Å². The van der Waals surface area contributed by atoms with Gasteiger partial charge in [-0.25, -0.2) is 9.97 Å². The number of fused-ring (bicyclic) bond motifs is 1. The lowest BCUT2D eigenvalue weighted by Crippen LogP contribution is -1.91. The quantitative estimate of drug-likeness (QED) is 0.588. The Hall–Kier alpha value is -0.610. The second-order valence-electron chi connectivity index (χ2n) is 3.81. The molecule has 0 spiro atoms. The maximum Gasteiger partial charge on any atom is 0.128 e. The van der Waals surface area contributed by atoms with Crippen molar-refractivity contribution in [2.75, 3.05) is 0 Å². The predicted molar refractivity (Wildman–Crippen MR) is 67.9 cm³/mol. The maximum absolute atomic E-state index is 4.38. The first kappa shape index (κ1) is 10.9. The van der Waals surface area contributed by atoms with E-state index in [-0.39, 0.29) is 0 Å². The zero-order valence-electron chi connectivity index (χ0n) is 9.37. The molecule has 0 aliphatic rings. The standard InChI is InChI=1S/C11H14N2S2/c1-6(2)14-10-9-7(3)8(4)15-11(9)13-5-12-10/h5-6H,1-4H3. The van der Waals surface area contributed by atoms with E-state index in [1.165, 1.54) is 15.8 Å². The second-order valence-corrected chi connectivity index (χ2v) is 6.58. The summed E-state index contributed by atoms with van der Waals surface area (Å²) < 4.78 is 0. The molecule has 0 aliphatic carbocycles. The van der Waals surface area contributed by atoms with Crippen LogP contribution >= 0.6 is 23.1 Å². The van der Waals surface area contributed by atoms with Gasteiger partial charge in [-0.15, -0.1) is 23.1 Å². The van der Waals surface area contributed by atoms with Gasteiger partial charge in [0.1, 0.15) is 16.2 Å². The van der Waals surface area contributed by atoms with Crippen LogP contribution in [0.3, 0.4) is 0 Å². The maximum atomic E-state index is 4.38. The highest BCUT2D eigenvalue weighted by molar-refractivity contribution is 8.00. The van der Waals surface area contributed by atoms with Gasteiger partial charge < -0.3 is 0 Å². The third kappa shape index (κ3) is 2.01. The van der Waals surface area contributed by atoms with Crippen molar-refractivity contribution in [3.05, 3.63) is 16.8 Å². The van der Waals surface area contributed by atoms with E-state index in [9.17, 15) is 0 Å². The summed E-state index contributed by atoms with van der Waals surface area (Å²) in [5.41, 5.74) is 1.33. The van der Waals surface area contributed by atoms with Crippen LogP contribution in [0.4, 0.5) is 0 Å². The Morgan fingerprint density at radius 2 is 2.00 bits per heavy atom. The summed E-state index contributed by atoms with van der Waals surface area (Å²) in [7, 11) is 0. The van der Waals surface area contributed by atoms with E-state index in [0.717, 1.165) is 9.86 Å². The number of thiophene rings is 1. The van der Waals surface area contributed by atoms with Crippen LogP contribution in [0.1, 0.15) is 24.3 Å². The summed E-state index contributed by atoms with van der Waals surface area (Å²) in [6, 6.07) is 0. The van der Waals surface area contributed by atoms with Crippen molar-refractivity contribution < 1.29 is 0 Å². The van der Waals surface area contributed by atoms with Gasteiger partial charge in [-0.05, 0) is 19.4 Å². The van der Waals surface area contributed by atoms with Crippen molar-refractivity contribution in [1.29, 1.82) is 0 Å². The van der Waals surface area contributed by atoms with Gasteiger partial charge in [0.05, 0.1) is 0 Å². The van der Waals surface area contributed by atoms with Gasteiger partial charge in [-0.2, -0.15) is 0 Å². The van der Waals surface area contributed by atoms with E-state index in [1.54, 1.807) is 17.7 Å². The Morgan fingerprint density at radius 3 is 2.67 bits per heavy atom. The summed E-state index contributed by atoms with van der Waals surface area (Å²) in [5, 5.41) is 2.93. The molecule has 0 N–H and O–H groups in total. The molecule has 0 atom stereocenters. The van der Waals surface area contributed by atoms with Gasteiger partial charge in [-0.1, -0.05) is 13.8 Å². The molecule has 0 aliphatic heterocycles. The van der Waals surface area contributed by atoms with Crippen LogP contribution in [0.25, 0.3) is 10.2 Å². The lowest BCUT2D eigenvalue weighted by atomic mass is 10.2. The van der Waals surface area contributed by atoms with Gasteiger partial charge in [0.15, 0.2) is 0 Å². The van der Waals surface area contributed by atoms with Gasteiger partial charge in [0.2, 0.25) is 0 Å². The minimum atomic E-state index is 0.558. The van der Waals surface area contributed by atoms with Crippen molar-refractivity contribution in [3.63, 3.8) is 0 Å². The fourth-order valence-corrected chi connectivity index (χ4v) is 3.45. The fraction of sp³-hybridized carbons (Fsp3) is 0.455. The largest absolute Gasteiger partial charge is 0.229 e. The molecular weight excluding hydrogens is 224 g/mol. The molecule has 0 bridgehead atoms. The van der Waals surface area contributed by atoms with Crippen molar-refractivity contribution in [1.82, 2.24) is 9.97 Å². The molecule has 2 nitrogen and oxygen atoms in total. The van der Waals surface area contributed by atoms with E-state index in [2.05, 4.69) is 37.7 Å². The monoisotopic (exact) mass is 238 g/mol. The van der Waals surface area contributed by atoms with Crippen LogP contribution in [-0.2, 0) is 0 Å². The van der Waals surface area contributed by atoms with Crippen LogP contribution in [-0.4, -0.2) is 15.2 Å². The third-order valence-corrected chi connectivity index (χ3v) is 4.40. The van der Waals surface area contributed by atoms with E-state index < -0.39 is 0 Å². The molecule has 15 heavy (non-hydrogen) atoms.